The second-order valence-electron chi connectivity index (χ2n) is 6.55. The SMILES string of the molecule is CN=C(NCCc1cn2ccccc2n1)N1CCCC(CC(N)=O)C1.I. The number of rotatable bonds is 5. The molecular formula is C18H27IN6O. The number of halogens is 1. The Morgan fingerprint density at radius 2 is 2.31 bits per heavy atom. The first-order valence-electron chi connectivity index (χ1n) is 8.82. The highest BCUT2D eigenvalue weighted by atomic mass is 127. The number of carbonyl (C=O) groups is 1. The van der Waals surface area contributed by atoms with Gasteiger partial charge in [0.25, 0.3) is 0 Å². The number of pyridine rings is 1. The highest BCUT2D eigenvalue weighted by Crippen LogP contribution is 2.19. The standard InChI is InChI=1S/C18H26N6O.HI/c1-20-18(24-10-4-5-14(12-24)11-16(19)25)21-8-7-15-13-23-9-3-2-6-17(23)22-15;/h2-3,6,9,13-14H,4-5,7-8,10-12H2,1H3,(H2,19,25)(H,20,21);1H. The molecule has 1 atom stereocenters. The number of nitrogens with two attached hydrogens (primary N) is 1. The third-order valence-corrected chi connectivity index (χ3v) is 4.60. The predicted molar refractivity (Wildman–Crippen MR) is 114 cm³/mol. The van der Waals surface area contributed by atoms with Crippen LogP contribution in [0.1, 0.15) is 25.0 Å². The minimum absolute atomic E-state index is 0. The number of piperidine rings is 1. The van der Waals surface area contributed by atoms with Gasteiger partial charge in [-0.25, -0.2) is 4.98 Å². The molecule has 1 saturated heterocycles. The maximum atomic E-state index is 11.2. The van der Waals surface area contributed by atoms with Gasteiger partial charge in [-0.2, -0.15) is 0 Å². The molecule has 0 spiro atoms. The molecule has 0 bridgehead atoms. The van der Waals surface area contributed by atoms with Crippen molar-refractivity contribution in [3.63, 3.8) is 0 Å². The molecule has 0 saturated carbocycles. The molecule has 2 aromatic heterocycles. The van der Waals surface area contributed by atoms with E-state index in [0.29, 0.717) is 12.3 Å². The highest BCUT2D eigenvalue weighted by Gasteiger charge is 2.23. The molecule has 142 valence electrons. The lowest BCUT2D eigenvalue weighted by Gasteiger charge is -2.34. The zero-order valence-corrected chi connectivity index (χ0v) is 17.4. The van der Waals surface area contributed by atoms with Crippen LogP contribution in [-0.2, 0) is 11.2 Å². The average molecular weight is 470 g/mol. The zero-order chi connectivity index (χ0) is 17.6. The van der Waals surface area contributed by atoms with E-state index in [4.69, 9.17) is 5.73 Å². The van der Waals surface area contributed by atoms with Gasteiger partial charge in [0.2, 0.25) is 5.91 Å². The van der Waals surface area contributed by atoms with Gasteiger partial charge in [0.15, 0.2) is 5.96 Å². The Kier molecular flexibility index (Phi) is 7.67. The summed E-state index contributed by atoms with van der Waals surface area (Å²) >= 11 is 0. The molecule has 3 N–H and O–H groups in total. The topological polar surface area (TPSA) is 88.0 Å². The lowest BCUT2D eigenvalue weighted by Crippen LogP contribution is -2.47. The number of amides is 1. The van der Waals surface area contributed by atoms with E-state index in [1.807, 2.05) is 28.8 Å². The van der Waals surface area contributed by atoms with Crippen LogP contribution in [0.2, 0.25) is 0 Å². The van der Waals surface area contributed by atoms with Gasteiger partial charge in [0.05, 0.1) is 5.69 Å². The van der Waals surface area contributed by atoms with Crippen molar-refractivity contribution in [1.29, 1.82) is 0 Å². The normalized spacial score (nSPS) is 17.8. The van der Waals surface area contributed by atoms with Gasteiger partial charge < -0.3 is 20.4 Å². The summed E-state index contributed by atoms with van der Waals surface area (Å²) in [6.45, 7) is 2.56. The average Bonchev–Trinajstić information content (AvgIpc) is 3.01. The Labute approximate surface area is 171 Å². The number of fused-ring (bicyclic) bond motifs is 1. The van der Waals surface area contributed by atoms with E-state index in [1.54, 1.807) is 7.05 Å². The maximum absolute atomic E-state index is 11.2. The summed E-state index contributed by atoms with van der Waals surface area (Å²) in [6, 6.07) is 5.99. The maximum Gasteiger partial charge on any atom is 0.217 e. The summed E-state index contributed by atoms with van der Waals surface area (Å²) in [5.41, 5.74) is 7.36. The van der Waals surface area contributed by atoms with Gasteiger partial charge in [-0.1, -0.05) is 6.07 Å². The number of likely N-dealkylation sites (tertiary alicyclic amines) is 1. The number of hydrogen-bond donors (Lipinski definition) is 2. The number of aliphatic imine (C=N–C) groups is 1. The second kappa shape index (κ2) is 9.75. The highest BCUT2D eigenvalue weighted by molar-refractivity contribution is 14.0. The molecule has 3 heterocycles. The van der Waals surface area contributed by atoms with Gasteiger partial charge in [-0.05, 0) is 30.9 Å². The predicted octanol–water partition coefficient (Wildman–Crippen LogP) is 1.66. The zero-order valence-electron chi connectivity index (χ0n) is 15.1. The fourth-order valence-corrected chi connectivity index (χ4v) is 3.45. The van der Waals surface area contributed by atoms with Crippen LogP contribution in [-0.4, -0.2) is 52.8 Å². The van der Waals surface area contributed by atoms with Crippen molar-refractivity contribution in [3.05, 3.63) is 36.3 Å². The van der Waals surface area contributed by atoms with Crippen molar-refractivity contribution in [1.82, 2.24) is 19.6 Å². The molecule has 2 aromatic rings. The second-order valence-corrected chi connectivity index (χ2v) is 6.55. The van der Waals surface area contributed by atoms with Gasteiger partial charge in [0.1, 0.15) is 5.65 Å². The van der Waals surface area contributed by atoms with Crippen LogP contribution in [0.25, 0.3) is 5.65 Å². The van der Waals surface area contributed by atoms with E-state index in [2.05, 4.69) is 26.4 Å². The largest absolute Gasteiger partial charge is 0.370 e. The van der Waals surface area contributed by atoms with E-state index in [9.17, 15) is 4.79 Å². The van der Waals surface area contributed by atoms with Gasteiger partial charge in [-0.3, -0.25) is 9.79 Å². The number of guanidine groups is 1. The number of aromatic nitrogens is 2. The molecule has 0 radical (unpaired) electrons. The first-order valence-corrected chi connectivity index (χ1v) is 8.82. The molecule has 1 aliphatic rings. The minimum Gasteiger partial charge on any atom is -0.370 e. The molecule has 1 fully saturated rings. The monoisotopic (exact) mass is 470 g/mol. The number of hydrogen-bond acceptors (Lipinski definition) is 3. The molecule has 26 heavy (non-hydrogen) atoms. The van der Waals surface area contributed by atoms with Crippen molar-refractivity contribution >= 4 is 41.5 Å². The lowest BCUT2D eigenvalue weighted by atomic mass is 9.95. The van der Waals surface area contributed by atoms with E-state index in [1.165, 1.54) is 0 Å². The third-order valence-electron chi connectivity index (χ3n) is 4.60. The molecule has 7 nitrogen and oxygen atoms in total. The van der Waals surface area contributed by atoms with Gasteiger partial charge >= 0.3 is 0 Å². The Morgan fingerprint density at radius 3 is 3.04 bits per heavy atom. The van der Waals surface area contributed by atoms with E-state index >= 15 is 0 Å². The molecule has 0 aromatic carbocycles. The number of primary amides is 1. The number of nitrogens with zero attached hydrogens (tertiary/aromatic N) is 4. The molecular weight excluding hydrogens is 443 g/mol. The summed E-state index contributed by atoms with van der Waals surface area (Å²) in [4.78, 5) is 22.4. The number of carbonyl (C=O) groups excluding carboxylic acids is 1. The minimum atomic E-state index is -0.221. The third kappa shape index (κ3) is 5.33. The van der Waals surface area contributed by atoms with Crippen molar-refractivity contribution in [2.45, 2.75) is 25.7 Å². The summed E-state index contributed by atoms with van der Waals surface area (Å²) in [6.07, 6.45) is 7.46. The Bertz CT molecular complexity index is 726. The summed E-state index contributed by atoms with van der Waals surface area (Å²) < 4.78 is 2.03. The van der Waals surface area contributed by atoms with E-state index in [0.717, 1.165) is 56.2 Å². The fraction of sp³-hybridized carbons (Fsp3) is 0.500. The van der Waals surface area contributed by atoms with E-state index in [-0.39, 0.29) is 29.9 Å². The Hall–Kier alpha value is -1.84. The van der Waals surface area contributed by atoms with Gasteiger partial charge in [-0.15, -0.1) is 24.0 Å². The van der Waals surface area contributed by atoms with Crippen molar-refractivity contribution in [2.24, 2.45) is 16.6 Å². The van der Waals surface area contributed by atoms with Crippen molar-refractivity contribution < 1.29 is 4.79 Å². The Balaban J connectivity index is 0.00000243. The smallest absolute Gasteiger partial charge is 0.217 e. The van der Waals surface area contributed by atoms with E-state index < -0.39 is 0 Å². The molecule has 1 aliphatic heterocycles. The van der Waals surface area contributed by atoms with Crippen molar-refractivity contribution in [3.8, 4) is 0 Å². The van der Waals surface area contributed by atoms with Crippen LogP contribution >= 0.6 is 24.0 Å². The molecule has 8 heteroatoms. The van der Waals surface area contributed by atoms with Crippen LogP contribution in [0.4, 0.5) is 0 Å². The van der Waals surface area contributed by atoms with Crippen LogP contribution in [0.15, 0.2) is 35.6 Å². The summed E-state index contributed by atoms with van der Waals surface area (Å²) in [5.74, 6) is 0.989. The number of nitrogens with one attached hydrogen (secondary N) is 1. The molecule has 1 unspecified atom stereocenters. The molecule has 3 rings (SSSR count). The Morgan fingerprint density at radius 1 is 1.46 bits per heavy atom. The summed E-state index contributed by atoms with van der Waals surface area (Å²) in [7, 11) is 1.80. The van der Waals surface area contributed by atoms with Crippen LogP contribution in [0.3, 0.4) is 0 Å². The van der Waals surface area contributed by atoms with Crippen LogP contribution in [0.5, 0.6) is 0 Å². The summed E-state index contributed by atoms with van der Waals surface area (Å²) in [5, 5.41) is 3.42. The first-order chi connectivity index (χ1) is 12.2. The molecule has 0 aliphatic carbocycles. The van der Waals surface area contributed by atoms with Crippen LogP contribution < -0.4 is 11.1 Å². The van der Waals surface area contributed by atoms with Gasteiger partial charge in [0, 0.05) is 51.9 Å². The quantitative estimate of drug-likeness (QED) is 0.396. The first kappa shape index (κ1) is 20.5. The number of imidazole rings is 1. The lowest BCUT2D eigenvalue weighted by molar-refractivity contribution is -0.119. The fourth-order valence-electron chi connectivity index (χ4n) is 3.45. The van der Waals surface area contributed by atoms with Crippen LogP contribution in [0, 0.1) is 5.92 Å². The molecule has 1 amide bonds. The van der Waals surface area contributed by atoms with Crippen molar-refractivity contribution in [2.75, 3.05) is 26.7 Å².